The van der Waals surface area contributed by atoms with E-state index in [2.05, 4.69) is 25.6 Å². The minimum atomic E-state index is -0.685. The van der Waals surface area contributed by atoms with Gasteiger partial charge in [-0.2, -0.15) is 10.2 Å². The summed E-state index contributed by atoms with van der Waals surface area (Å²) in [6.45, 7) is 8.28. The lowest BCUT2D eigenvalue weighted by Gasteiger charge is -2.15. The molecule has 1 aromatic carbocycles. The van der Waals surface area contributed by atoms with Gasteiger partial charge in [-0.05, 0) is 64.1 Å². The summed E-state index contributed by atoms with van der Waals surface area (Å²) in [5.74, 6) is 1.37. The smallest absolute Gasteiger partial charge is 0.153 e. The van der Waals surface area contributed by atoms with Gasteiger partial charge in [0.25, 0.3) is 0 Å². The Hall–Kier alpha value is -4.15. The molecule has 37 heavy (non-hydrogen) atoms. The van der Waals surface area contributed by atoms with Crippen molar-refractivity contribution in [2.75, 3.05) is 12.4 Å². The van der Waals surface area contributed by atoms with Crippen molar-refractivity contribution in [3.63, 3.8) is 0 Å². The molecule has 0 bridgehead atoms. The number of nitrogens with one attached hydrogen (secondary N) is 1. The number of hydrogen-bond acceptors (Lipinski definition) is 8. The molecule has 0 aliphatic rings. The first-order valence-corrected chi connectivity index (χ1v) is 12.1. The molecule has 190 valence electrons. The summed E-state index contributed by atoms with van der Waals surface area (Å²) in [7, 11) is 1.69. The molecule has 5 aromatic rings. The lowest BCUT2D eigenvalue weighted by atomic mass is 10.0. The Bertz CT molecular complexity index is 1540. The van der Waals surface area contributed by atoms with Crippen molar-refractivity contribution in [1.29, 1.82) is 0 Å². The quantitative estimate of drug-likeness (QED) is 0.321. The summed E-state index contributed by atoms with van der Waals surface area (Å²) in [6, 6.07) is 13.5. The van der Waals surface area contributed by atoms with Crippen molar-refractivity contribution in [2.24, 2.45) is 0 Å². The lowest BCUT2D eigenvalue weighted by Crippen LogP contribution is -2.16. The van der Waals surface area contributed by atoms with Crippen molar-refractivity contribution in [3.05, 3.63) is 71.9 Å². The number of benzene rings is 1. The Morgan fingerprint density at radius 3 is 2.62 bits per heavy atom. The number of nitrogens with zero attached hydrogens (tertiary/aromatic N) is 7. The third kappa shape index (κ3) is 4.93. The predicted octanol–water partition coefficient (Wildman–Crippen LogP) is 4.52. The number of aryl methyl sites for hydroxylation is 1. The number of ether oxygens (including phenoxy) is 1. The summed E-state index contributed by atoms with van der Waals surface area (Å²) in [5.41, 5.74) is 6.70. The number of fused-ring (bicyclic) bond motifs is 1. The van der Waals surface area contributed by atoms with Crippen LogP contribution in [0.4, 0.5) is 11.5 Å². The second-order valence-electron chi connectivity index (χ2n) is 9.16. The first-order valence-electron chi connectivity index (χ1n) is 12.1. The van der Waals surface area contributed by atoms with Crippen LogP contribution < -0.4 is 5.32 Å². The monoisotopic (exact) mass is 498 g/mol. The number of rotatable bonds is 8. The molecule has 0 spiro atoms. The number of aliphatic hydroxyl groups is 1. The van der Waals surface area contributed by atoms with Crippen molar-refractivity contribution < 1.29 is 9.84 Å². The molecule has 0 fully saturated rings. The summed E-state index contributed by atoms with van der Waals surface area (Å²) < 4.78 is 9.25. The van der Waals surface area contributed by atoms with Crippen LogP contribution in [0.25, 0.3) is 28.1 Å². The zero-order valence-corrected chi connectivity index (χ0v) is 21.5. The van der Waals surface area contributed by atoms with Crippen LogP contribution in [0.1, 0.15) is 36.9 Å². The van der Waals surface area contributed by atoms with Crippen molar-refractivity contribution in [2.45, 2.75) is 46.4 Å². The lowest BCUT2D eigenvalue weighted by molar-refractivity contribution is 0.0992. The average molecular weight is 499 g/mol. The molecule has 2 atom stereocenters. The topological polar surface area (TPSA) is 116 Å². The first-order chi connectivity index (χ1) is 17.8. The molecule has 0 aliphatic carbocycles. The Morgan fingerprint density at radius 2 is 1.89 bits per heavy atom. The Kier molecular flexibility index (Phi) is 6.68. The molecule has 2 unspecified atom stereocenters. The van der Waals surface area contributed by atoms with Crippen LogP contribution in [0.5, 0.6) is 0 Å². The third-order valence-corrected chi connectivity index (χ3v) is 6.42. The highest BCUT2D eigenvalue weighted by Gasteiger charge is 2.19. The van der Waals surface area contributed by atoms with Crippen LogP contribution in [0.2, 0.25) is 0 Å². The number of imidazole rings is 1. The van der Waals surface area contributed by atoms with Gasteiger partial charge >= 0.3 is 0 Å². The van der Waals surface area contributed by atoms with Gasteiger partial charge in [0.05, 0.1) is 47.4 Å². The fraction of sp³-hybridized carbons (Fsp3) is 0.296. The number of hydrogen-bond donors (Lipinski definition) is 2. The Labute approximate surface area is 215 Å². The maximum Gasteiger partial charge on any atom is 0.153 e. The highest BCUT2D eigenvalue weighted by Crippen LogP contribution is 2.31. The molecule has 10 heteroatoms. The standard InChI is InChI=1S/C27H30N8O2/c1-16-6-10-25(33-32-16)30-20-7-9-24-23(12-20)28-15-34(24)26-11-8-21(19(4)36)27(31-26)22-13-29-35(18(22)3)14-17(2)37-5/h6-13,15,17,19,36H,14H2,1-5H3,(H,30,33). The average Bonchev–Trinajstić information content (AvgIpc) is 3.48. The van der Waals surface area contributed by atoms with Gasteiger partial charge in [-0.15, -0.1) is 5.10 Å². The molecule has 10 nitrogen and oxygen atoms in total. The van der Waals surface area contributed by atoms with Gasteiger partial charge in [-0.1, -0.05) is 6.07 Å². The van der Waals surface area contributed by atoms with Crippen LogP contribution in [-0.4, -0.2) is 52.8 Å². The van der Waals surface area contributed by atoms with E-state index in [1.165, 1.54) is 0 Å². The fourth-order valence-corrected chi connectivity index (χ4v) is 4.21. The molecule has 0 amide bonds. The molecular formula is C27H30N8O2. The van der Waals surface area contributed by atoms with E-state index in [4.69, 9.17) is 9.72 Å². The molecule has 0 aliphatic heterocycles. The summed E-state index contributed by atoms with van der Waals surface area (Å²) >= 11 is 0. The van der Waals surface area contributed by atoms with Gasteiger partial charge in [0, 0.05) is 29.6 Å². The zero-order valence-electron chi connectivity index (χ0n) is 21.5. The van der Waals surface area contributed by atoms with E-state index in [0.717, 1.165) is 39.2 Å². The van der Waals surface area contributed by atoms with E-state index in [9.17, 15) is 5.11 Å². The predicted molar refractivity (Wildman–Crippen MR) is 142 cm³/mol. The molecule has 0 saturated heterocycles. The molecular weight excluding hydrogens is 468 g/mol. The minimum absolute atomic E-state index is 0.0247. The first kappa shape index (κ1) is 24.5. The number of aliphatic hydroxyl groups excluding tert-OH is 1. The van der Waals surface area contributed by atoms with Crippen LogP contribution in [0, 0.1) is 13.8 Å². The van der Waals surface area contributed by atoms with Gasteiger partial charge in [-0.25, -0.2) is 9.97 Å². The number of anilines is 2. The number of aromatic nitrogens is 7. The van der Waals surface area contributed by atoms with Gasteiger partial charge in [0.1, 0.15) is 12.1 Å². The Morgan fingerprint density at radius 1 is 1.05 bits per heavy atom. The maximum absolute atomic E-state index is 10.5. The van der Waals surface area contributed by atoms with Crippen LogP contribution in [0.15, 0.2) is 55.0 Å². The van der Waals surface area contributed by atoms with Gasteiger partial charge in [-0.3, -0.25) is 9.25 Å². The van der Waals surface area contributed by atoms with E-state index in [0.29, 0.717) is 23.9 Å². The molecule has 5 rings (SSSR count). The van der Waals surface area contributed by atoms with Crippen molar-refractivity contribution >= 4 is 22.5 Å². The third-order valence-electron chi connectivity index (χ3n) is 6.42. The summed E-state index contributed by atoms with van der Waals surface area (Å²) in [5, 5.41) is 26.6. The van der Waals surface area contributed by atoms with Crippen molar-refractivity contribution in [3.8, 4) is 17.1 Å². The molecule has 4 heterocycles. The van der Waals surface area contributed by atoms with E-state index >= 15 is 0 Å². The maximum atomic E-state index is 10.5. The van der Waals surface area contributed by atoms with E-state index in [1.807, 2.05) is 72.5 Å². The molecule has 0 radical (unpaired) electrons. The van der Waals surface area contributed by atoms with E-state index < -0.39 is 6.10 Å². The van der Waals surface area contributed by atoms with E-state index in [-0.39, 0.29) is 6.10 Å². The van der Waals surface area contributed by atoms with Gasteiger partial charge < -0.3 is 15.2 Å². The summed E-state index contributed by atoms with van der Waals surface area (Å²) in [6.07, 6.45) is 2.89. The Balaban J connectivity index is 1.51. The molecule has 0 saturated carbocycles. The largest absolute Gasteiger partial charge is 0.389 e. The highest BCUT2D eigenvalue weighted by molar-refractivity contribution is 5.82. The van der Waals surface area contributed by atoms with Crippen LogP contribution in [0.3, 0.4) is 0 Å². The minimum Gasteiger partial charge on any atom is -0.389 e. The SMILES string of the molecule is COC(C)Cn1ncc(-c2nc(-n3cnc4cc(Nc5ccc(C)nn5)ccc43)ccc2C(C)O)c1C. The molecule has 2 N–H and O–H groups in total. The zero-order chi connectivity index (χ0) is 26.1. The second-order valence-corrected chi connectivity index (χ2v) is 9.16. The number of pyridine rings is 1. The van der Waals surface area contributed by atoms with Gasteiger partial charge in [0.15, 0.2) is 5.82 Å². The molecule has 4 aromatic heterocycles. The summed E-state index contributed by atoms with van der Waals surface area (Å²) in [4.78, 5) is 9.58. The van der Waals surface area contributed by atoms with E-state index in [1.54, 1.807) is 26.6 Å². The normalized spacial score (nSPS) is 13.1. The van der Waals surface area contributed by atoms with Crippen LogP contribution in [-0.2, 0) is 11.3 Å². The van der Waals surface area contributed by atoms with Gasteiger partial charge in [0.2, 0.25) is 0 Å². The number of methoxy groups -OCH3 is 1. The fourth-order valence-electron chi connectivity index (χ4n) is 4.21. The second kappa shape index (κ2) is 10.1. The van der Waals surface area contributed by atoms with Crippen molar-refractivity contribution in [1.82, 2.24) is 34.5 Å². The van der Waals surface area contributed by atoms with Crippen LogP contribution >= 0.6 is 0 Å². The highest BCUT2D eigenvalue weighted by atomic mass is 16.5.